The Bertz CT molecular complexity index is 1470. The average molecular weight is 483 g/mol. The minimum absolute atomic E-state index is 0.0165. The maximum atomic E-state index is 13.5. The van der Waals surface area contributed by atoms with Crippen LogP contribution in [-0.4, -0.2) is 33.2 Å². The number of H-pyrrole nitrogens is 1. The van der Waals surface area contributed by atoms with Crippen LogP contribution in [0.2, 0.25) is 0 Å². The first-order chi connectivity index (χ1) is 17.3. The molecule has 36 heavy (non-hydrogen) atoms. The fraction of sp³-hybridized carbons (Fsp3) is 0.200. The number of carbonyl (C=O) groups excluding carboxylic acids is 2. The summed E-state index contributed by atoms with van der Waals surface area (Å²) in [6.45, 7) is 4.48. The van der Waals surface area contributed by atoms with Gasteiger partial charge in [0.2, 0.25) is 0 Å². The number of benzene rings is 3. The lowest BCUT2D eigenvalue weighted by Gasteiger charge is -2.25. The standard InChI is InChI=1S/C30H27FN2O3/c1-18(2)19-7-9-20(10-8-19)27-26(28(34)21-11-13-23(31)14-12-21)29(35)30(36)33(27)16-15-22-17-32-25-6-4-3-5-24(22)25/h3-14,17-18,27,32,34H,15-16H2,1-2H3/t27-/m1/s1. The van der Waals surface area contributed by atoms with Crippen LogP contribution in [0.15, 0.2) is 84.6 Å². The van der Waals surface area contributed by atoms with Gasteiger partial charge in [-0.05, 0) is 59.4 Å². The van der Waals surface area contributed by atoms with Crippen LogP contribution in [0.25, 0.3) is 16.7 Å². The lowest BCUT2D eigenvalue weighted by atomic mass is 9.93. The van der Waals surface area contributed by atoms with E-state index >= 15 is 0 Å². The Kier molecular flexibility index (Phi) is 6.18. The lowest BCUT2D eigenvalue weighted by Crippen LogP contribution is -2.31. The van der Waals surface area contributed by atoms with Crippen LogP contribution < -0.4 is 0 Å². The molecule has 0 bridgehead atoms. The predicted molar refractivity (Wildman–Crippen MR) is 138 cm³/mol. The van der Waals surface area contributed by atoms with Gasteiger partial charge in [-0.25, -0.2) is 4.39 Å². The minimum Gasteiger partial charge on any atom is -0.507 e. The van der Waals surface area contributed by atoms with Crippen molar-refractivity contribution >= 4 is 28.4 Å². The molecule has 1 aliphatic heterocycles. The normalized spacial score (nSPS) is 17.4. The van der Waals surface area contributed by atoms with Gasteiger partial charge in [0.1, 0.15) is 11.6 Å². The highest BCUT2D eigenvalue weighted by atomic mass is 19.1. The smallest absolute Gasteiger partial charge is 0.295 e. The van der Waals surface area contributed by atoms with E-state index in [9.17, 15) is 19.1 Å². The molecule has 0 unspecified atom stereocenters. The molecule has 1 atom stereocenters. The van der Waals surface area contributed by atoms with Crippen LogP contribution in [0.1, 0.15) is 48.1 Å². The van der Waals surface area contributed by atoms with Crippen molar-refractivity contribution in [1.29, 1.82) is 0 Å². The Labute approximate surface area is 208 Å². The Hall–Kier alpha value is -4.19. The number of nitrogens with zero attached hydrogens (tertiary/aromatic N) is 1. The first kappa shape index (κ1) is 23.5. The average Bonchev–Trinajstić information content (AvgIpc) is 3.41. The van der Waals surface area contributed by atoms with Crippen molar-refractivity contribution in [2.75, 3.05) is 6.54 Å². The zero-order valence-electron chi connectivity index (χ0n) is 20.2. The Balaban J connectivity index is 1.56. The molecule has 1 amide bonds. The lowest BCUT2D eigenvalue weighted by molar-refractivity contribution is -0.139. The van der Waals surface area contributed by atoms with Gasteiger partial charge < -0.3 is 15.0 Å². The van der Waals surface area contributed by atoms with E-state index in [-0.39, 0.29) is 16.9 Å². The summed E-state index contributed by atoms with van der Waals surface area (Å²) >= 11 is 0. The number of carbonyl (C=O) groups is 2. The monoisotopic (exact) mass is 482 g/mol. The number of fused-ring (bicyclic) bond motifs is 1. The highest BCUT2D eigenvalue weighted by Gasteiger charge is 2.45. The number of hydrogen-bond acceptors (Lipinski definition) is 3. The second kappa shape index (κ2) is 9.46. The van der Waals surface area contributed by atoms with Crippen molar-refractivity contribution in [2.24, 2.45) is 0 Å². The minimum atomic E-state index is -0.749. The summed E-state index contributed by atoms with van der Waals surface area (Å²) in [5.41, 5.74) is 4.22. The van der Waals surface area contributed by atoms with Gasteiger partial charge in [0.25, 0.3) is 11.7 Å². The van der Waals surface area contributed by atoms with Crippen LogP contribution in [0.3, 0.4) is 0 Å². The molecule has 0 saturated carbocycles. The van der Waals surface area contributed by atoms with Crippen LogP contribution in [0.4, 0.5) is 4.39 Å². The van der Waals surface area contributed by atoms with Gasteiger partial charge in [0.05, 0.1) is 11.6 Å². The van der Waals surface area contributed by atoms with E-state index in [0.717, 1.165) is 27.6 Å². The van der Waals surface area contributed by atoms with Crippen molar-refractivity contribution < 1.29 is 19.1 Å². The number of halogens is 1. The van der Waals surface area contributed by atoms with E-state index in [2.05, 4.69) is 18.8 Å². The fourth-order valence-corrected chi connectivity index (χ4v) is 4.86. The summed E-state index contributed by atoms with van der Waals surface area (Å²) in [6.07, 6.45) is 2.46. The van der Waals surface area contributed by atoms with Crippen LogP contribution in [-0.2, 0) is 16.0 Å². The van der Waals surface area contributed by atoms with Gasteiger partial charge >= 0.3 is 0 Å². The van der Waals surface area contributed by atoms with E-state index < -0.39 is 23.5 Å². The number of aliphatic hydroxyl groups is 1. The highest BCUT2D eigenvalue weighted by Crippen LogP contribution is 2.40. The molecule has 0 spiro atoms. The van der Waals surface area contributed by atoms with E-state index in [4.69, 9.17) is 0 Å². The molecule has 0 aliphatic carbocycles. The van der Waals surface area contributed by atoms with E-state index in [1.54, 1.807) is 0 Å². The molecule has 1 saturated heterocycles. The molecule has 0 radical (unpaired) electrons. The summed E-state index contributed by atoms with van der Waals surface area (Å²) in [5.74, 6) is -1.83. The first-order valence-corrected chi connectivity index (χ1v) is 12.0. The molecule has 5 rings (SSSR count). The summed E-state index contributed by atoms with van der Waals surface area (Å²) in [6, 6.07) is 20.2. The van der Waals surface area contributed by atoms with E-state index in [1.165, 1.54) is 29.2 Å². The number of hydrogen-bond donors (Lipinski definition) is 2. The largest absolute Gasteiger partial charge is 0.507 e. The molecular weight excluding hydrogens is 455 g/mol. The maximum absolute atomic E-state index is 13.5. The number of rotatable bonds is 6. The summed E-state index contributed by atoms with van der Waals surface area (Å²) in [7, 11) is 0. The fourth-order valence-electron chi connectivity index (χ4n) is 4.86. The first-order valence-electron chi connectivity index (χ1n) is 12.0. The zero-order valence-corrected chi connectivity index (χ0v) is 20.2. The number of ketones is 1. The highest BCUT2D eigenvalue weighted by molar-refractivity contribution is 6.46. The Morgan fingerprint density at radius 2 is 1.69 bits per heavy atom. The van der Waals surface area contributed by atoms with Gasteiger partial charge in [0.15, 0.2) is 0 Å². The molecule has 2 heterocycles. The molecule has 4 aromatic rings. The number of Topliss-reactive ketones (excluding diaryl/α,β-unsaturated/α-hetero) is 1. The Morgan fingerprint density at radius 3 is 2.39 bits per heavy atom. The number of para-hydroxylation sites is 1. The third-order valence-electron chi connectivity index (χ3n) is 6.87. The zero-order chi connectivity index (χ0) is 25.4. The van der Waals surface area contributed by atoms with Crippen molar-refractivity contribution in [3.63, 3.8) is 0 Å². The number of aromatic amines is 1. The van der Waals surface area contributed by atoms with Gasteiger partial charge in [-0.15, -0.1) is 0 Å². The van der Waals surface area contributed by atoms with E-state index in [1.807, 2.05) is 54.7 Å². The third kappa shape index (κ3) is 4.19. The Morgan fingerprint density at radius 1 is 1.00 bits per heavy atom. The van der Waals surface area contributed by atoms with Gasteiger partial charge in [-0.2, -0.15) is 0 Å². The molecule has 6 heteroatoms. The van der Waals surface area contributed by atoms with Crippen molar-refractivity contribution in [2.45, 2.75) is 32.2 Å². The molecule has 5 nitrogen and oxygen atoms in total. The number of aliphatic hydroxyl groups excluding tert-OH is 1. The van der Waals surface area contributed by atoms with Crippen molar-refractivity contribution in [3.8, 4) is 0 Å². The second-order valence-electron chi connectivity index (χ2n) is 9.43. The SMILES string of the molecule is CC(C)c1ccc([C@@H]2C(=C(O)c3ccc(F)cc3)C(=O)C(=O)N2CCc2c[nH]c3ccccc23)cc1. The molecular formula is C30H27FN2O3. The van der Waals surface area contributed by atoms with Gasteiger partial charge in [-0.1, -0.05) is 56.3 Å². The number of nitrogens with one attached hydrogen (secondary N) is 1. The molecule has 1 aromatic heterocycles. The summed E-state index contributed by atoms with van der Waals surface area (Å²) < 4.78 is 13.5. The number of amides is 1. The molecule has 182 valence electrons. The molecule has 2 N–H and O–H groups in total. The van der Waals surface area contributed by atoms with Crippen LogP contribution >= 0.6 is 0 Å². The van der Waals surface area contributed by atoms with Crippen molar-refractivity contribution in [3.05, 3.63) is 113 Å². The van der Waals surface area contributed by atoms with Crippen LogP contribution in [0.5, 0.6) is 0 Å². The second-order valence-corrected chi connectivity index (χ2v) is 9.43. The molecule has 1 fully saturated rings. The van der Waals surface area contributed by atoms with Crippen molar-refractivity contribution in [1.82, 2.24) is 9.88 Å². The summed E-state index contributed by atoms with van der Waals surface area (Å²) in [5, 5.41) is 12.2. The van der Waals surface area contributed by atoms with Gasteiger partial charge in [0, 0.05) is 29.2 Å². The molecule has 1 aliphatic rings. The topological polar surface area (TPSA) is 73.4 Å². The maximum Gasteiger partial charge on any atom is 0.295 e. The number of aromatic nitrogens is 1. The third-order valence-corrected chi connectivity index (χ3v) is 6.87. The van der Waals surface area contributed by atoms with E-state index in [0.29, 0.717) is 18.9 Å². The van der Waals surface area contributed by atoms with Crippen LogP contribution in [0, 0.1) is 5.82 Å². The summed E-state index contributed by atoms with van der Waals surface area (Å²) in [4.78, 5) is 31.3. The quantitative estimate of drug-likeness (QED) is 0.198. The predicted octanol–water partition coefficient (Wildman–Crippen LogP) is 6.09. The number of likely N-dealkylation sites (tertiary alicyclic amines) is 1. The van der Waals surface area contributed by atoms with Gasteiger partial charge in [-0.3, -0.25) is 9.59 Å². The molecule has 3 aromatic carbocycles.